The first-order valence-corrected chi connectivity index (χ1v) is 11.7. The summed E-state index contributed by atoms with van der Waals surface area (Å²) in [6, 6.07) is 17.4. The Labute approximate surface area is 220 Å². The molecule has 0 fully saturated rings. The number of para-hydroxylation sites is 2. The van der Waals surface area contributed by atoms with Gasteiger partial charge in [-0.3, -0.25) is 12.2 Å². The number of unbranched alkanes of at least 4 members (excludes halogenated alkanes) is 2. The van der Waals surface area contributed by atoms with Gasteiger partial charge in [0.05, 0.1) is 0 Å². The Hall–Kier alpha value is -2.12. The van der Waals surface area contributed by atoms with Crippen LogP contribution in [0.15, 0.2) is 96.1 Å². The van der Waals surface area contributed by atoms with Crippen LogP contribution in [0.5, 0.6) is 11.5 Å². The normalized spacial score (nSPS) is 12.5. The molecule has 2 N–H and O–H groups in total. The third-order valence-corrected chi connectivity index (χ3v) is 4.64. The zero-order valence-electron chi connectivity index (χ0n) is 20.1. The Morgan fingerprint density at radius 1 is 0.636 bits per heavy atom. The summed E-state index contributed by atoms with van der Waals surface area (Å²) in [6.45, 7) is 4.44. The summed E-state index contributed by atoms with van der Waals surface area (Å²) in [5.74, 6) is 0.644. The van der Waals surface area contributed by atoms with Crippen LogP contribution in [0, 0.1) is 12.2 Å². The maximum Gasteiger partial charge on any atom is 2.00 e. The van der Waals surface area contributed by atoms with Crippen molar-refractivity contribution in [2.24, 2.45) is 0 Å². The molecule has 0 spiro atoms. The molecule has 2 aromatic carbocycles. The van der Waals surface area contributed by atoms with Gasteiger partial charge in [-0.25, -0.2) is 23.3 Å². The van der Waals surface area contributed by atoms with Crippen LogP contribution in [0.3, 0.4) is 0 Å². The number of rotatable bonds is 6. The van der Waals surface area contributed by atoms with E-state index in [4.69, 9.17) is 10.2 Å². The van der Waals surface area contributed by atoms with Gasteiger partial charge in [0.15, 0.2) is 0 Å². The molecular weight excluding hydrogens is 484 g/mol. The maximum atomic E-state index is 8.63. The molecule has 0 heterocycles. The van der Waals surface area contributed by atoms with Crippen molar-refractivity contribution in [3.8, 4) is 11.5 Å². The summed E-state index contributed by atoms with van der Waals surface area (Å²) in [6.07, 6.45) is 25.1. The van der Waals surface area contributed by atoms with E-state index in [2.05, 4.69) is 50.3 Å². The van der Waals surface area contributed by atoms with Crippen LogP contribution in [0.25, 0.3) is 0 Å². The van der Waals surface area contributed by atoms with E-state index in [1.165, 1.54) is 49.7 Å². The van der Waals surface area contributed by atoms with Crippen LogP contribution in [0.4, 0.5) is 0 Å². The van der Waals surface area contributed by atoms with Crippen molar-refractivity contribution in [1.29, 1.82) is 0 Å². The van der Waals surface area contributed by atoms with E-state index in [-0.39, 0.29) is 26.2 Å². The second-order valence-corrected chi connectivity index (χ2v) is 7.50. The molecule has 0 saturated heterocycles. The number of phenolic OH excluding ortho intramolecular Hbond substituents is 2. The number of allylic oxidation sites excluding steroid dienone is 8. The van der Waals surface area contributed by atoms with Crippen molar-refractivity contribution in [2.45, 2.75) is 65.2 Å². The molecule has 4 rings (SSSR count). The van der Waals surface area contributed by atoms with Gasteiger partial charge >= 0.3 is 26.2 Å². The van der Waals surface area contributed by atoms with Gasteiger partial charge in [-0.05, 0) is 24.3 Å². The third-order valence-electron chi connectivity index (χ3n) is 4.64. The van der Waals surface area contributed by atoms with Crippen LogP contribution < -0.4 is 0 Å². The van der Waals surface area contributed by atoms with Gasteiger partial charge in [0.25, 0.3) is 0 Å². The molecule has 0 bridgehead atoms. The Kier molecular flexibility index (Phi) is 20.3. The fraction of sp³-hybridized carbons (Fsp3) is 0.333. The summed E-state index contributed by atoms with van der Waals surface area (Å²) in [5, 5.41) is 17.3. The van der Waals surface area contributed by atoms with E-state index in [0.29, 0.717) is 11.5 Å². The Morgan fingerprint density at radius 3 is 1.21 bits per heavy atom. The fourth-order valence-corrected chi connectivity index (χ4v) is 2.83. The first-order valence-electron chi connectivity index (χ1n) is 11.7. The number of phenols is 2. The van der Waals surface area contributed by atoms with Gasteiger partial charge in [-0.2, -0.15) is 12.2 Å². The van der Waals surface area contributed by atoms with Crippen LogP contribution in [-0.2, 0) is 26.2 Å². The van der Waals surface area contributed by atoms with Crippen molar-refractivity contribution in [2.75, 3.05) is 0 Å². The third kappa shape index (κ3) is 18.0. The molecule has 2 nitrogen and oxygen atoms in total. The van der Waals surface area contributed by atoms with E-state index in [0.717, 1.165) is 12.8 Å². The predicted octanol–water partition coefficient (Wildman–Crippen LogP) is 8.51. The minimum Gasteiger partial charge on any atom is -0.508 e. The summed E-state index contributed by atoms with van der Waals surface area (Å²) in [7, 11) is 0. The van der Waals surface area contributed by atoms with Crippen LogP contribution in [0.1, 0.15) is 65.2 Å². The molecule has 0 aromatic heterocycles. The Morgan fingerprint density at radius 2 is 1.00 bits per heavy atom. The van der Waals surface area contributed by atoms with E-state index >= 15 is 0 Å². The maximum absolute atomic E-state index is 8.63. The summed E-state index contributed by atoms with van der Waals surface area (Å²) < 4.78 is 0. The largest absolute Gasteiger partial charge is 2.00 e. The first kappa shape index (κ1) is 30.9. The summed E-state index contributed by atoms with van der Waals surface area (Å²) >= 11 is 0. The molecule has 2 aliphatic carbocycles. The van der Waals surface area contributed by atoms with Gasteiger partial charge in [0.2, 0.25) is 0 Å². The smallest absolute Gasteiger partial charge is 0.508 e. The van der Waals surface area contributed by atoms with Crippen molar-refractivity contribution < 1.29 is 36.4 Å². The van der Waals surface area contributed by atoms with Crippen LogP contribution in [0.2, 0.25) is 0 Å². The molecule has 174 valence electrons. The molecule has 0 aliphatic heterocycles. The molecule has 0 amide bonds. The molecule has 0 saturated carbocycles. The molecule has 0 unspecified atom stereocenters. The predicted molar refractivity (Wildman–Crippen MR) is 136 cm³/mol. The van der Waals surface area contributed by atoms with E-state index in [1.54, 1.807) is 48.5 Å². The van der Waals surface area contributed by atoms with Crippen LogP contribution >= 0.6 is 0 Å². The average molecular weight is 522 g/mol. The van der Waals surface area contributed by atoms with E-state index in [1.807, 2.05) is 12.1 Å². The van der Waals surface area contributed by atoms with Gasteiger partial charge in [-0.15, -0.1) is 12.8 Å². The SMILES string of the molecule is CCCCC1=[C-]CC=C1.CCCCC1=[C-]CC=C1.Oc1ccccc1.Oc1ccccc1.[Zr+2]. The average Bonchev–Trinajstić information content (AvgIpc) is 3.53. The minimum absolute atomic E-state index is 0. The topological polar surface area (TPSA) is 40.5 Å². The summed E-state index contributed by atoms with van der Waals surface area (Å²) in [5.41, 5.74) is 2.83. The van der Waals surface area contributed by atoms with Crippen molar-refractivity contribution >= 4 is 0 Å². The molecular formula is C30H38O2Zr. The molecule has 33 heavy (non-hydrogen) atoms. The molecule has 0 atom stereocenters. The van der Waals surface area contributed by atoms with Gasteiger partial charge < -0.3 is 10.2 Å². The molecule has 0 radical (unpaired) electrons. The van der Waals surface area contributed by atoms with Gasteiger partial charge in [-0.1, -0.05) is 88.8 Å². The van der Waals surface area contributed by atoms with Gasteiger partial charge in [0.1, 0.15) is 11.5 Å². The molecule has 2 aliphatic rings. The second kappa shape index (κ2) is 21.7. The minimum atomic E-state index is 0. The van der Waals surface area contributed by atoms with Crippen LogP contribution in [-0.4, -0.2) is 10.2 Å². The molecule has 2 aromatic rings. The summed E-state index contributed by atoms with van der Waals surface area (Å²) in [4.78, 5) is 0. The van der Waals surface area contributed by atoms with E-state index < -0.39 is 0 Å². The number of hydrogen-bond acceptors (Lipinski definition) is 2. The van der Waals surface area contributed by atoms with Gasteiger partial charge in [0, 0.05) is 0 Å². The zero-order valence-corrected chi connectivity index (χ0v) is 22.6. The Bertz CT molecular complexity index is 749. The first-order chi connectivity index (χ1) is 15.7. The van der Waals surface area contributed by atoms with E-state index in [9.17, 15) is 0 Å². The fourth-order valence-electron chi connectivity index (χ4n) is 2.83. The Balaban J connectivity index is 0.000000412. The zero-order chi connectivity index (χ0) is 23.3. The van der Waals surface area contributed by atoms with Crippen molar-refractivity contribution in [1.82, 2.24) is 0 Å². The number of hydrogen-bond donors (Lipinski definition) is 2. The number of benzene rings is 2. The van der Waals surface area contributed by atoms with Crippen molar-refractivity contribution in [3.63, 3.8) is 0 Å². The molecule has 3 heteroatoms. The number of aromatic hydroxyl groups is 2. The van der Waals surface area contributed by atoms with Crippen molar-refractivity contribution in [3.05, 3.63) is 108 Å². The monoisotopic (exact) mass is 520 g/mol. The second-order valence-electron chi connectivity index (χ2n) is 7.50. The standard InChI is InChI=1S/2C9H13.2C6H6O.Zr/c2*1-2-3-6-9-7-4-5-8-9;2*7-6-4-2-1-3-5-6;/h2*4,7H,2-3,5-6H2,1H3;2*1-5,7H;/q2*-1;;;+2. The quantitative estimate of drug-likeness (QED) is 0.374.